The Morgan fingerprint density at radius 2 is 1.77 bits per heavy atom. The van der Waals surface area contributed by atoms with Gasteiger partial charge in [-0.3, -0.25) is 4.79 Å². The van der Waals surface area contributed by atoms with E-state index in [0.717, 1.165) is 18.2 Å². The molecular weight excluding hydrogens is 314 g/mol. The van der Waals surface area contributed by atoms with Crippen LogP contribution in [-0.2, 0) is 4.79 Å². The number of anilines is 1. The van der Waals surface area contributed by atoms with Crippen LogP contribution in [0.1, 0.15) is 11.1 Å². The number of fused-ring (bicyclic) bond motifs is 1. The molecule has 0 saturated heterocycles. The number of nitrogens with one attached hydrogen (secondary N) is 1. The predicted octanol–water partition coefficient (Wildman–Crippen LogP) is 2.73. The number of benzene rings is 2. The van der Waals surface area contributed by atoms with E-state index in [1.165, 1.54) is 18.2 Å². The van der Waals surface area contributed by atoms with Gasteiger partial charge in [-0.05, 0) is 36.4 Å². The molecule has 0 fully saturated rings. The number of benzodiazepines with no additional fused rings is 1. The number of aliphatic imine (C=N–C) groups is 1. The van der Waals surface area contributed by atoms with E-state index >= 15 is 0 Å². The standard InChI is InChI=1S/C15H9ClF2N2O2/c16-11-6-8(18)1-3-9(11)13-10-5-7(17)2-4-12(10)19-14(21)15(22)20-13/h1-6,15,22H,(H,19,21). The van der Waals surface area contributed by atoms with Crippen LogP contribution in [0.15, 0.2) is 41.4 Å². The third-order valence-electron chi connectivity index (χ3n) is 3.17. The van der Waals surface area contributed by atoms with E-state index in [1.807, 2.05) is 0 Å². The maximum Gasteiger partial charge on any atom is 0.276 e. The third-order valence-corrected chi connectivity index (χ3v) is 3.48. The first kappa shape index (κ1) is 14.6. The second kappa shape index (κ2) is 5.47. The van der Waals surface area contributed by atoms with Gasteiger partial charge in [0.05, 0.1) is 16.4 Å². The third kappa shape index (κ3) is 2.58. The molecule has 0 bridgehead atoms. The summed E-state index contributed by atoms with van der Waals surface area (Å²) in [4.78, 5) is 15.6. The minimum Gasteiger partial charge on any atom is -0.364 e. The fraction of sp³-hybridized carbons (Fsp3) is 0.0667. The number of amides is 1. The molecule has 1 aliphatic heterocycles. The van der Waals surface area contributed by atoms with Crippen LogP contribution in [0.2, 0.25) is 5.02 Å². The molecule has 2 aromatic carbocycles. The predicted molar refractivity (Wildman–Crippen MR) is 78.1 cm³/mol. The number of aliphatic hydroxyl groups is 1. The van der Waals surface area contributed by atoms with Gasteiger partial charge < -0.3 is 10.4 Å². The molecule has 2 N–H and O–H groups in total. The molecule has 0 saturated carbocycles. The zero-order valence-corrected chi connectivity index (χ0v) is 11.7. The largest absolute Gasteiger partial charge is 0.364 e. The lowest BCUT2D eigenvalue weighted by Gasteiger charge is -2.11. The van der Waals surface area contributed by atoms with Crippen molar-refractivity contribution < 1.29 is 18.7 Å². The van der Waals surface area contributed by atoms with Crippen molar-refractivity contribution in [3.8, 4) is 0 Å². The molecule has 1 atom stereocenters. The van der Waals surface area contributed by atoms with E-state index in [4.69, 9.17) is 11.6 Å². The molecule has 4 nitrogen and oxygen atoms in total. The van der Waals surface area contributed by atoms with Gasteiger partial charge in [-0.25, -0.2) is 13.8 Å². The minimum absolute atomic E-state index is 0.0375. The van der Waals surface area contributed by atoms with Gasteiger partial charge in [-0.15, -0.1) is 0 Å². The maximum absolute atomic E-state index is 13.6. The van der Waals surface area contributed by atoms with Crippen molar-refractivity contribution in [3.63, 3.8) is 0 Å². The number of hydrogen-bond acceptors (Lipinski definition) is 3. The van der Waals surface area contributed by atoms with Crippen LogP contribution in [0.5, 0.6) is 0 Å². The second-order valence-electron chi connectivity index (χ2n) is 4.65. The molecule has 22 heavy (non-hydrogen) atoms. The van der Waals surface area contributed by atoms with E-state index in [2.05, 4.69) is 10.3 Å². The summed E-state index contributed by atoms with van der Waals surface area (Å²) in [6, 6.07) is 7.27. The first-order chi connectivity index (χ1) is 10.5. The fourth-order valence-electron chi connectivity index (χ4n) is 2.17. The van der Waals surface area contributed by atoms with Crippen LogP contribution in [-0.4, -0.2) is 23.0 Å². The molecule has 2 aromatic rings. The van der Waals surface area contributed by atoms with Crippen LogP contribution >= 0.6 is 11.6 Å². The summed E-state index contributed by atoms with van der Waals surface area (Å²) < 4.78 is 26.7. The molecule has 1 amide bonds. The van der Waals surface area contributed by atoms with Gasteiger partial charge in [0.25, 0.3) is 5.91 Å². The summed E-state index contributed by atoms with van der Waals surface area (Å²) in [5, 5.41) is 12.2. The molecule has 112 valence electrons. The SMILES string of the molecule is O=C1Nc2ccc(F)cc2C(c2ccc(F)cc2Cl)=NC1O. The molecule has 3 rings (SSSR count). The topological polar surface area (TPSA) is 61.7 Å². The van der Waals surface area contributed by atoms with E-state index in [1.54, 1.807) is 0 Å². The van der Waals surface area contributed by atoms with Crippen LogP contribution in [0.25, 0.3) is 0 Å². The molecule has 1 aliphatic rings. The number of halogens is 3. The van der Waals surface area contributed by atoms with E-state index in [9.17, 15) is 18.7 Å². The molecular formula is C15H9ClF2N2O2. The number of carbonyl (C=O) groups is 1. The van der Waals surface area contributed by atoms with Gasteiger partial charge in [0.1, 0.15) is 11.6 Å². The molecule has 0 radical (unpaired) electrons. The van der Waals surface area contributed by atoms with Crippen molar-refractivity contribution in [1.82, 2.24) is 0 Å². The minimum atomic E-state index is -1.67. The lowest BCUT2D eigenvalue weighted by molar-refractivity contribution is -0.123. The zero-order valence-electron chi connectivity index (χ0n) is 11.0. The maximum atomic E-state index is 13.6. The average Bonchev–Trinajstić information content (AvgIpc) is 2.57. The Labute approximate surface area is 129 Å². The van der Waals surface area contributed by atoms with Crippen molar-refractivity contribution in [2.24, 2.45) is 4.99 Å². The summed E-state index contributed by atoms with van der Waals surface area (Å²) in [6.07, 6.45) is -1.67. The van der Waals surface area contributed by atoms with E-state index in [0.29, 0.717) is 0 Å². The van der Waals surface area contributed by atoms with Gasteiger partial charge in [-0.2, -0.15) is 0 Å². The molecule has 7 heteroatoms. The first-order valence-corrected chi connectivity index (χ1v) is 6.65. The highest BCUT2D eigenvalue weighted by Gasteiger charge is 2.25. The molecule has 0 aliphatic carbocycles. The van der Waals surface area contributed by atoms with Crippen LogP contribution < -0.4 is 5.32 Å². The van der Waals surface area contributed by atoms with Gasteiger partial charge >= 0.3 is 0 Å². The number of hydrogen-bond donors (Lipinski definition) is 2. The van der Waals surface area contributed by atoms with Crippen LogP contribution in [0, 0.1) is 11.6 Å². The van der Waals surface area contributed by atoms with Crippen molar-refractivity contribution in [3.05, 3.63) is 64.2 Å². The van der Waals surface area contributed by atoms with Crippen molar-refractivity contribution >= 4 is 28.9 Å². The van der Waals surface area contributed by atoms with Gasteiger partial charge in [0.15, 0.2) is 0 Å². The summed E-state index contributed by atoms with van der Waals surface area (Å²) in [5.41, 5.74) is 0.913. The monoisotopic (exact) mass is 322 g/mol. The number of nitrogens with zero attached hydrogens (tertiary/aromatic N) is 1. The average molecular weight is 323 g/mol. The van der Waals surface area contributed by atoms with E-state index < -0.39 is 23.8 Å². The van der Waals surface area contributed by atoms with Crippen molar-refractivity contribution in [1.29, 1.82) is 0 Å². The first-order valence-electron chi connectivity index (χ1n) is 6.28. The smallest absolute Gasteiger partial charge is 0.276 e. The molecule has 1 unspecified atom stereocenters. The Morgan fingerprint density at radius 1 is 1.09 bits per heavy atom. The number of carbonyl (C=O) groups excluding carboxylic acids is 1. The number of aliphatic hydroxyl groups excluding tert-OH is 1. The van der Waals surface area contributed by atoms with Gasteiger partial charge in [-0.1, -0.05) is 11.6 Å². The highest BCUT2D eigenvalue weighted by Crippen LogP contribution is 2.28. The lowest BCUT2D eigenvalue weighted by Crippen LogP contribution is -2.24. The highest BCUT2D eigenvalue weighted by atomic mass is 35.5. The van der Waals surface area contributed by atoms with Crippen molar-refractivity contribution in [2.75, 3.05) is 5.32 Å². The molecule has 0 aromatic heterocycles. The summed E-state index contributed by atoms with van der Waals surface area (Å²) in [7, 11) is 0. The summed E-state index contributed by atoms with van der Waals surface area (Å²) in [5.74, 6) is -1.84. The lowest BCUT2D eigenvalue weighted by atomic mass is 10.0. The fourth-order valence-corrected chi connectivity index (χ4v) is 2.42. The van der Waals surface area contributed by atoms with E-state index in [-0.39, 0.29) is 27.5 Å². The van der Waals surface area contributed by atoms with Gasteiger partial charge in [0, 0.05) is 11.1 Å². The second-order valence-corrected chi connectivity index (χ2v) is 5.06. The molecule has 0 spiro atoms. The number of rotatable bonds is 1. The summed E-state index contributed by atoms with van der Waals surface area (Å²) >= 11 is 6.00. The van der Waals surface area contributed by atoms with Crippen LogP contribution in [0.4, 0.5) is 14.5 Å². The quantitative estimate of drug-likeness (QED) is 0.848. The highest BCUT2D eigenvalue weighted by molar-refractivity contribution is 6.36. The van der Waals surface area contributed by atoms with Crippen molar-refractivity contribution in [2.45, 2.75) is 6.23 Å². The summed E-state index contributed by atoms with van der Waals surface area (Å²) in [6.45, 7) is 0. The van der Waals surface area contributed by atoms with Gasteiger partial charge in [0.2, 0.25) is 6.23 Å². The Morgan fingerprint density at radius 3 is 2.50 bits per heavy atom. The Balaban J connectivity index is 2.26. The normalized spacial score (nSPS) is 17.4. The Kier molecular flexibility index (Phi) is 3.64. The van der Waals surface area contributed by atoms with Crippen LogP contribution in [0.3, 0.4) is 0 Å². The zero-order chi connectivity index (χ0) is 15.9. The Bertz CT molecular complexity index is 808. The Hall–Kier alpha value is -2.31. The molecule has 1 heterocycles.